The zero-order valence-electron chi connectivity index (χ0n) is 10.2. The van der Waals surface area contributed by atoms with Crippen molar-refractivity contribution < 1.29 is 4.74 Å². The molecule has 0 saturated heterocycles. The van der Waals surface area contributed by atoms with Gasteiger partial charge in [-0.05, 0) is 24.3 Å². The molecule has 0 unspecified atom stereocenters. The van der Waals surface area contributed by atoms with Gasteiger partial charge < -0.3 is 15.0 Å². The molecule has 2 N–H and O–H groups in total. The van der Waals surface area contributed by atoms with Crippen LogP contribution in [0.3, 0.4) is 0 Å². The normalized spacial score (nSPS) is 10.8. The zero-order chi connectivity index (χ0) is 13.4. The molecule has 0 spiro atoms. The highest BCUT2D eigenvalue weighted by atomic mass is 35.5. The van der Waals surface area contributed by atoms with Crippen LogP contribution in [0.1, 0.15) is 0 Å². The Bertz CT molecular complexity index is 753. The van der Waals surface area contributed by atoms with Gasteiger partial charge in [0.1, 0.15) is 0 Å². The highest BCUT2D eigenvalue weighted by Crippen LogP contribution is 2.31. The van der Waals surface area contributed by atoms with E-state index in [0.717, 1.165) is 5.52 Å². The van der Waals surface area contributed by atoms with E-state index >= 15 is 0 Å². The van der Waals surface area contributed by atoms with Crippen molar-refractivity contribution in [2.45, 2.75) is 0 Å². The minimum atomic E-state index is 0.423. The minimum Gasteiger partial charge on any atom is -0.435 e. The second kappa shape index (κ2) is 4.44. The van der Waals surface area contributed by atoms with Crippen LogP contribution in [-0.2, 0) is 7.05 Å². The number of hydrogen-bond acceptors (Lipinski definition) is 4. The highest BCUT2D eigenvalue weighted by molar-refractivity contribution is 6.30. The van der Waals surface area contributed by atoms with E-state index in [1.54, 1.807) is 30.7 Å². The van der Waals surface area contributed by atoms with Crippen LogP contribution in [0.2, 0.25) is 5.02 Å². The molecule has 2 heterocycles. The maximum Gasteiger partial charge on any atom is 0.247 e. The fourth-order valence-electron chi connectivity index (χ4n) is 1.83. The van der Waals surface area contributed by atoms with E-state index < -0.39 is 0 Å². The number of nitrogens with two attached hydrogens (primary N) is 1. The summed E-state index contributed by atoms with van der Waals surface area (Å²) in [4.78, 5) is 8.46. The quantitative estimate of drug-likeness (QED) is 0.730. The summed E-state index contributed by atoms with van der Waals surface area (Å²) in [7, 11) is 1.91. The van der Waals surface area contributed by atoms with Gasteiger partial charge in [0.25, 0.3) is 0 Å². The van der Waals surface area contributed by atoms with Crippen molar-refractivity contribution in [2.75, 3.05) is 5.73 Å². The van der Waals surface area contributed by atoms with Gasteiger partial charge in [-0.3, -0.25) is 0 Å². The van der Waals surface area contributed by atoms with Gasteiger partial charge in [-0.2, -0.15) is 0 Å². The molecule has 5 nitrogen and oxygen atoms in total. The number of fused-ring (bicyclic) bond motifs is 1. The number of aromatic nitrogens is 3. The van der Waals surface area contributed by atoms with Gasteiger partial charge in [-0.1, -0.05) is 11.6 Å². The molecule has 3 rings (SSSR count). The van der Waals surface area contributed by atoms with E-state index in [2.05, 4.69) is 9.97 Å². The Kier molecular flexibility index (Phi) is 2.76. The van der Waals surface area contributed by atoms with Crippen LogP contribution in [0, 0.1) is 0 Å². The summed E-state index contributed by atoms with van der Waals surface area (Å²) in [5, 5.41) is 0.564. The molecule has 0 aliphatic rings. The zero-order valence-corrected chi connectivity index (χ0v) is 10.9. The molecule has 0 fully saturated rings. The number of benzene rings is 1. The molecule has 0 bridgehead atoms. The second-order valence-electron chi connectivity index (χ2n) is 4.12. The van der Waals surface area contributed by atoms with Crippen LogP contribution >= 0.6 is 11.6 Å². The first kappa shape index (κ1) is 11.8. The van der Waals surface area contributed by atoms with Gasteiger partial charge in [-0.25, -0.2) is 9.97 Å². The molecule has 0 aliphatic heterocycles. The number of nitrogen functional groups attached to an aromatic ring is 1. The van der Waals surface area contributed by atoms with Crippen LogP contribution in [0.15, 0.2) is 36.8 Å². The Morgan fingerprint density at radius 2 is 2.11 bits per heavy atom. The van der Waals surface area contributed by atoms with E-state index in [0.29, 0.717) is 27.9 Å². The molecule has 0 saturated carbocycles. The molecule has 6 heteroatoms. The topological polar surface area (TPSA) is 66.0 Å². The third kappa shape index (κ3) is 2.08. The Balaban J connectivity index is 2.06. The van der Waals surface area contributed by atoms with E-state index in [9.17, 15) is 0 Å². The average molecular weight is 275 g/mol. The second-order valence-corrected chi connectivity index (χ2v) is 4.56. The summed E-state index contributed by atoms with van der Waals surface area (Å²) >= 11 is 5.85. The number of rotatable bonds is 2. The van der Waals surface area contributed by atoms with Gasteiger partial charge >= 0.3 is 0 Å². The van der Waals surface area contributed by atoms with Crippen LogP contribution in [0.4, 0.5) is 5.69 Å². The molecule has 0 amide bonds. The number of halogens is 1. The van der Waals surface area contributed by atoms with Gasteiger partial charge in [0.2, 0.25) is 5.88 Å². The molecule has 3 aromatic rings. The van der Waals surface area contributed by atoms with Gasteiger partial charge in [0.05, 0.1) is 17.5 Å². The molecular weight excluding hydrogens is 264 g/mol. The van der Waals surface area contributed by atoms with Crippen molar-refractivity contribution in [3.8, 4) is 11.6 Å². The lowest BCUT2D eigenvalue weighted by molar-refractivity contribution is 0.470. The summed E-state index contributed by atoms with van der Waals surface area (Å²) < 4.78 is 7.62. The third-order valence-electron chi connectivity index (χ3n) is 2.79. The van der Waals surface area contributed by atoms with E-state index in [-0.39, 0.29) is 0 Å². The first-order valence-electron chi connectivity index (χ1n) is 5.64. The Labute approximate surface area is 114 Å². The first-order chi connectivity index (χ1) is 9.15. The molecule has 0 aliphatic carbocycles. The lowest BCUT2D eigenvalue weighted by Gasteiger charge is -2.08. The smallest absolute Gasteiger partial charge is 0.247 e. The fraction of sp³-hybridized carbons (Fsp3) is 0.0769. The summed E-state index contributed by atoms with van der Waals surface area (Å²) in [6, 6.07) is 6.93. The van der Waals surface area contributed by atoms with Crippen molar-refractivity contribution in [1.82, 2.24) is 14.5 Å². The molecule has 0 radical (unpaired) electrons. The molecule has 1 aromatic carbocycles. The fourth-order valence-corrected chi connectivity index (χ4v) is 2.01. The van der Waals surface area contributed by atoms with Crippen molar-refractivity contribution >= 4 is 28.3 Å². The van der Waals surface area contributed by atoms with Crippen LogP contribution in [-0.4, -0.2) is 14.5 Å². The Hall–Kier alpha value is -2.27. The van der Waals surface area contributed by atoms with Crippen molar-refractivity contribution in [1.29, 1.82) is 0 Å². The van der Waals surface area contributed by atoms with E-state index in [4.69, 9.17) is 22.1 Å². The first-order valence-corrected chi connectivity index (χ1v) is 6.02. The average Bonchev–Trinajstić information content (AvgIpc) is 2.76. The number of aryl methyl sites for hydroxylation is 1. The predicted molar refractivity (Wildman–Crippen MR) is 74.4 cm³/mol. The molecule has 96 valence electrons. The lowest BCUT2D eigenvalue weighted by Crippen LogP contribution is -1.94. The summed E-state index contributed by atoms with van der Waals surface area (Å²) in [5.74, 6) is 0.933. The summed E-state index contributed by atoms with van der Waals surface area (Å²) in [6.07, 6.45) is 3.38. The highest BCUT2D eigenvalue weighted by Gasteiger charge is 2.10. The molecule has 19 heavy (non-hydrogen) atoms. The standard InChI is InChI=1S/C13H11ClN4O/c1-18-7-17-12-10(18)4-5-16-13(12)19-11-3-2-8(14)6-9(11)15/h2-7H,15H2,1H3. The maximum absolute atomic E-state index is 5.86. The van der Waals surface area contributed by atoms with E-state index in [1.165, 1.54) is 0 Å². The van der Waals surface area contributed by atoms with Crippen molar-refractivity contribution in [2.24, 2.45) is 7.05 Å². The van der Waals surface area contributed by atoms with Crippen LogP contribution in [0.5, 0.6) is 11.6 Å². The number of anilines is 1. The SMILES string of the molecule is Cn1cnc2c(Oc3ccc(Cl)cc3N)nccc21. The third-order valence-corrected chi connectivity index (χ3v) is 3.02. The summed E-state index contributed by atoms with van der Waals surface area (Å²) in [6.45, 7) is 0. The Morgan fingerprint density at radius 3 is 2.89 bits per heavy atom. The van der Waals surface area contributed by atoms with Gasteiger partial charge in [0.15, 0.2) is 11.3 Å². The number of hydrogen-bond donors (Lipinski definition) is 1. The maximum atomic E-state index is 5.86. The monoisotopic (exact) mass is 274 g/mol. The molecule has 2 aromatic heterocycles. The molecule has 0 atom stereocenters. The van der Waals surface area contributed by atoms with Gasteiger partial charge in [0, 0.05) is 18.3 Å². The predicted octanol–water partition coefficient (Wildman–Crippen LogP) is 3.00. The van der Waals surface area contributed by atoms with E-state index in [1.807, 2.05) is 17.7 Å². The number of pyridine rings is 1. The summed E-state index contributed by atoms with van der Waals surface area (Å²) in [5.41, 5.74) is 7.95. The minimum absolute atomic E-state index is 0.423. The molecular formula is C13H11ClN4O. The van der Waals surface area contributed by atoms with Crippen LogP contribution < -0.4 is 10.5 Å². The van der Waals surface area contributed by atoms with Crippen LogP contribution in [0.25, 0.3) is 11.0 Å². The number of nitrogens with zero attached hydrogens (tertiary/aromatic N) is 3. The largest absolute Gasteiger partial charge is 0.435 e. The van der Waals surface area contributed by atoms with Gasteiger partial charge in [-0.15, -0.1) is 0 Å². The Morgan fingerprint density at radius 1 is 1.26 bits per heavy atom. The van der Waals surface area contributed by atoms with Crippen molar-refractivity contribution in [3.05, 3.63) is 41.8 Å². The van der Waals surface area contributed by atoms with Crippen molar-refractivity contribution in [3.63, 3.8) is 0 Å². The number of ether oxygens (including phenoxy) is 1. The number of imidazole rings is 1. The lowest BCUT2D eigenvalue weighted by atomic mass is 10.3.